The molecule has 2 aromatic carbocycles. The van der Waals surface area contributed by atoms with E-state index >= 15 is 0 Å². The maximum Gasteiger partial charge on any atom is 0.0589 e. The Bertz CT molecular complexity index is 488. The molecule has 3 rings (SSSR count). The molecule has 0 amide bonds. The van der Waals surface area contributed by atoms with Crippen LogP contribution in [0.3, 0.4) is 0 Å². The highest BCUT2D eigenvalue weighted by molar-refractivity contribution is 5.78. The van der Waals surface area contributed by atoms with E-state index in [-0.39, 0.29) is 0 Å². The van der Waals surface area contributed by atoms with Crippen molar-refractivity contribution < 1.29 is 0 Å². The average Bonchev–Trinajstić information content (AvgIpc) is 2.71. The molecule has 0 bridgehead atoms. The summed E-state index contributed by atoms with van der Waals surface area (Å²) in [7, 11) is 0. The second kappa shape index (κ2) is 4.32. The summed E-state index contributed by atoms with van der Waals surface area (Å²) < 4.78 is 0. The minimum absolute atomic E-state index is 0.297. The molecule has 0 spiro atoms. The van der Waals surface area contributed by atoms with Gasteiger partial charge in [0.15, 0.2) is 0 Å². The molecule has 3 N–H and O–H groups in total. The van der Waals surface area contributed by atoms with Gasteiger partial charge in [0, 0.05) is 13.1 Å². The Morgan fingerprint density at radius 1 is 0.882 bits per heavy atom. The van der Waals surface area contributed by atoms with Crippen molar-refractivity contribution >= 4 is 0 Å². The summed E-state index contributed by atoms with van der Waals surface area (Å²) in [4.78, 5) is 0. The number of nitrogens with one attached hydrogen (secondary N) is 1. The Morgan fingerprint density at radius 2 is 1.41 bits per heavy atom. The quantitative estimate of drug-likeness (QED) is 0.839. The van der Waals surface area contributed by atoms with Crippen LogP contribution in [-0.2, 0) is 0 Å². The number of hydrogen-bond donors (Lipinski definition) is 2. The van der Waals surface area contributed by atoms with Crippen molar-refractivity contribution in [3.05, 3.63) is 59.7 Å². The van der Waals surface area contributed by atoms with Crippen LogP contribution in [-0.4, -0.2) is 13.1 Å². The fourth-order valence-corrected chi connectivity index (χ4v) is 2.60. The zero-order valence-corrected chi connectivity index (χ0v) is 9.69. The molecule has 2 heteroatoms. The summed E-state index contributed by atoms with van der Waals surface area (Å²) in [6.07, 6.45) is 0. The van der Waals surface area contributed by atoms with E-state index in [2.05, 4.69) is 53.8 Å². The number of fused-ring (bicyclic) bond motifs is 3. The minimum Gasteiger partial charge on any atom is -0.329 e. The second-order valence-corrected chi connectivity index (χ2v) is 4.35. The Balaban J connectivity index is 2.10. The molecule has 0 atom stereocenters. The SMILES string of the molecule is NCCNC1c2ccccc2-c2ccccc21. The molecule has 17 heavy (non-hydrogen) atoms. The predicted octanol–water partition coefficient (Wildman–Crippen LogP) is 2.30. The van der Waals surface area contributed by atoms with E-state index in [1.807, 2.05) is 0 Å². The number of nitrogens with two attached hydrogens (primary N) is 1. The van der Waals surface area contributed by atoms with E-state index in [9.17, 15) is 0 Å². The van der Waals surface area contributed by atoms with Crippen molar-refractivity contribution in [1.29, 1.82) is 0 Å². The normalized spacial score (nSPS) is 13.5. The molecule has 2 nitrogen and oxygen atoms in total. The van der Waals surface area contributed by atoms with E-state index in [1.54, 1.807) is 0 Å². The average molecular weight is 224 g/mol. The Kier molecular flexibility index (Phi) is 2.67. The summed E-state index contributed by atoms with van der Waals surface area (Å²) in [5, 5.41) is 3.52. The number of hydrogen-bond acceptors (Lipinski definition) is 2. The van der Waals surface area contributed by atoms with Gasteiger partial charge in [-0.15, -0.1) is 0 Å². The Labute approximate surface area is 101 Å². The molecular formula is C15H16N2. The summed E-state index contributed by atoms with van der Waals surface area (Å²) >= 11 is 0. The van der Waals surface area contributed by atoms with Crippen LogP contribution < -0.4 is 11.1 Å². The lowest BCUT2D eigenvalue weighted by Crippen LogP contribution is -2.26. The van der Waals surface area contributed by atoms with Crippen LogP contribution in [0.4, 0.5) is 0 Å². The Morgan fingerprint density at radius 3 is 1.94 bits per heavy atom. The van der Waals surface area contributed by atoms with Gasteiger partial charge in [0.25, 0.3) is 0 Å². The number of rotatable bonds is 3. The zero-order valence-electron chi connectivity index (χ0n) is 9.69. The lowest BCUT2D eigenvalue weighted by Gasteiger charge is -2.14. The van der Waals surface area contributed by atoms with Gasteiger partial charge in [-0.05, 0) is 22.3 Å². The summed E-state index contributed by atoms with van der Waals surface area (Å²) in [5.74, 6) is 0. The molecule has 1 aliphatic rings. The van der Waals surface area contributed by atoms with E-state index in [0.717, 1.165) is 6.54 Å². The molecule has 0 aromatic heterocycles. The molecule has 0 unspecified atom stereocenters. The second-order valence-electron chi connectivity index (χ2n) is 4.35. The number of benzene rings is 2. The van der Waals surface area contributed by atoms with E-state index in [1.165, 1.54) is 22.3 Å². The molecule has 0 saturated heterocycles. The van der Waals surface area contributed by atoms with Gasteiger partial charge in [0.2, 0.25) is 0 Å². The van der Waals surface area contributed by atoms with Crippen LogP contribution >= 0.6 is 0 Å². The first-order valence-corrected chi connectivity index (χ1v) is 6.03. The molecule has 0 aliphatic heterocycles. The largest absolute Gasteiger partial charge is 0.329 e. The first-order chi connectivity index (χ1) is 8.42. The smallest absolute Gasteiger partial charge is 0.0589 e. The van der Waals surface area contributed by atoms with Crippen molar-refractivity contribution in [3.63, 3.8) is 0 Å². The maximum absolute atomic E-state index is 5.58. The molecule has 0 fully saturated rings. The third kappa shape index (κ3) is 1.66. The third-order valence-corrected chi connectivity index (χ3v) is 3.33. The van der Waals surface area contributed by atoms with Gasteiger partial charge in [-0.3, -0.25) is 0 Å². The van der Waals surface area contributed by atoms with Crippen molar-refractivity contribution in [1.82, 2.24) is 5.32 Å². The van der Waals surface area contributed by atoms with Crippen molar-refractivity contribution in [2.45, 2.75) is 6.04 Å². The first-order valence-electron chi connectivity index (χ1n) is 6.03. The first kappa shape index (κ1) is 10.5. The van der Waals surface area contributed by atoms with Gasteiger partial charge in [-0.1, -0.05) is 48.5 Å². The van der Waals surface area contributed by atoms with Gasteiger partial charge >= 0.3 is 0 Å². The molecular weight excluding hydrogens is 208 g/mol. The van der Waals surface area contributed by atoms with Crippen LogP contribution in [0.5, 0.6) is 0 Å². The van der Waals surface area contributed by atoms with Crippen molar-refractivity contribution in [2.75, 3.05) is 13.1 Å². The van der Waals surface area contributed by atoms with Crippen LogP contribution in [0.2, 0.25) is 0 Å². The molecule has 2 aromatic rings. The molecule has 0 heterocycles. The van der Waals surface area contributed by atoms with Crippen molar-refractivity contribution in [3.8, 4) is 11.1 Å². The van der Waals surface area contributed by atoms with Gasteiger partial charge in [-0.2, -0.15) is 0 Å². The lowest BCUT2D eigenvalue weighted by atomic mass is 10.1. The fraction of sp³-hybridized carbons (Fsp3) is 0.200. The van der Waals surface area contributed by atoms with Gasteiger partial charge in [-0.25, -0.2) is 0 Å². The van der Waals surface area contributed by atoms with Crippen LogP contribution in [0, 0.1) is 0 Å². The lowest BCUT2D eigenvalue weighted by molar-refractivity contribution is 0.622. The van der Waals surface area contributed by atoms with E-state index < -0.39 is 0 Å². The van der Waals surface area contributed by atoms with E-state index in [0.29, 0.717) is 12.6 Å². The maximum atomic E-state index is 5.58. The minimum atomic E-state index is 0.297. The highest BCUT2D eigenvalue weighted by atomic mass is 14.9. The Hall–Kier alpha value is -1.64. The van der Waals surface area contributed by atoms with Gasteiger partial charge in [0.1, 0.15) is 0 Å². The third-order valence-electron chi connectivity index (χ3n) is 3.33. The highest BCUT2D eigenvalue weighted by Gasteiger charge is 2.26. The topological polar surface area (TPSA) is 38.0 Å². The van der Waals surface area contributed by atoms with Crippen LogP contribution in [0.15, 0.2) is 48.5 Å². The monoisotopic (exact) mass is 224 g/mol. The molecule has 1 aliphatic carbocycles. The zero-order chi connectivity index (χ0) is 11.7. The van der Waals surface area contributed by atoms with Crippen molar-refractivity contribution in [2.24, 2.45) is 5.73 Å². The summed E-state index contributed by atoms with van der Waals surface area (Å²) in [5.41, 5.74) is 11.0. The summed E-state index contributed by atoms with van der Waals surface area (Å²) in [6, 6.07) is 17.5. The van der Waals surface area contributed by atoms with Gasteiger partial charge in [0.05, 0.1) is 6.04 Å². The highest BCUT2D eigenvalue weighted by Crippen LogP contribution is 2.42. The predicted molar refractivity (Wildman–Crippen MR) is 70.8 cm³/mol. The molecule has 86 valence electrons. The summed E-state index contributed by atoms with van der Waals surface area (Å²) in [6.45, 7) is 1.51. The standard InChI is InChI=1S/C15H16N2/c16-9-10-17-15-13-7-3-1-5-11(13)12-6-2-4-8-14(12)15/h1-8,15,17H,9-10,16H2. The molecule has 0 saturated carbocycles. The van der Waals surface area contributed by atoms with Crippen LogP contribution in [0.25, 0.3) is 11.1 Å². The fourth-order valence-electron chi connectivity index (χ4n) is 2.60. The van der Waals surface area contributed by atoms with Gasteiger partial charge < -0.3 is 11.1 Å². The molecule has 0 radical (unpaired) electrons. The van der Waals surface area contributed by atoms with Crippen LogP contribution in [0.1, 0.15) is 17.2 Å². The van der Waals surface area contributed by atoms with E-state index in [4.69, 9.17) is 5.73 Å².